The molecule has 262 valence electrons. The highest BCUT2D eigenvalue weighted by Gasteiger charge is 2.49. The molecule has 0 N–H and O–H groups in total. The number of anilines is 1. The predicted molar refractivity (Wildman–Crippen MR) is 180 cm³/mol. The molecular formula is C36H42F3N5O5. The van der Waals surface area contributed by atoms with Crippen LogP contribution >= 0.6 is 0 Å². The number of methoxy groups -OCH3 is 2. The number of alkyl halides is 1. The van der Waals surface area contributed by atoms with Crippen molar-refractivity contribution in [1.29, 1.82) is 0 Å². The molecule has 2 aliphatic heterocycles. The van der Waals surface area contributed by atoms with Crippen LogP contribution in [-0.2, 0) is 20.7 Å². The number of carbonyl (C=O) groups is 1. The van der Waals surface area contributed by atoms with Gasteiger partial charge in [0.05, 0.1) is 18.0 Å². The number of hydrogen-bond donors (Lipinski definition) is 0. The van der Waals surface area contributed by atoms with Crippen LogP contribution in [0, 0.1) is 11.6 Å². The van der Waals surface area contributed by atoms with Crippen molar-refractivity contribution >= 4 is 33.5 Å². The zero-order valence-corrected chi connectivity index (χ0v) is 28.4. The lowest BCUT2D eigenvalue weighted by Crippen LogP contribution is -2.43. The van der Waals surface area contributed by atoms with Gasteiger partial charge in [0, 0.05) is 51.3 Å². The Morgan fingerprint density at radius 2 is 1.98 bits per heavy atom. The predicted octanol–water partition coefficient (Wildman–Crippen LogP) is 6.40. The number of pyridine rings is 1. The molecule has 2 fully saturated rings. The average Bonchev–Trinajstić information content (AvgIpc) is 3.63. The first-order valence-electron chi connectivity index (χ1n) is 16.8. The highest BCUT2D eigenvalue weighted by Crippen LogP contribution is 2.42. The lowest BCUT2D eigenvalue weighted by Gasteiger charge is -2.31. The second kappa shape index (κ2) is 14.7. The summed E-state index contributed by atoms with van der Waals surface area (Å²) >= 11 is 0. The Morgan fingerprint density at radius 3 is 2.73 bits per heavy atom. The summed E-state index contributed by atoms with van der Waals surface area (Å²) in [6.07, 6.45) is 3.69. The van der Waals surface area contributed by atoms with Gasteiger partial charge in [-0.15, -0.1) is 0 Å². The number of ether oxygens (including phenoxy) is 4. The molecule has 4 aromatic rings. The second-order valence-corrected chi connectivity index (χ2v) is 12.6. The molecule has 0 aliphatic carbocycles. The second-order valence-electron chi connectivity index (χ2n) is 12.6. The fourth-order valence-electron chi connectivity index (χ4n) is 7.32. The molecule has 0 spiro atoms. The molecule has 4 heterocycles. The summed E-state index contributed by atoms with van der Waals surface area (Å²) < 4.78 is 68.6. The van der Waals surface area contributed by atoms with Crippen LogP contribution in [-0.4, -0.2) is 91.3 Å². The third kappa shape index (κ3) is 6.83. The van der Waals surface area contributed by atoms with E-state index in [4.69, 9.17) is 23.9 Å². The van der Waals surface area contributed by atoms with Gasteiger partial charge in [0.2, 0.25) is 0 Å². The number of rotatable bonds is 14. The fourth-order valence-corrected chi connectivity index (χ4v) is 7.32. The fraction of sp³-hybridized carbons (Fsp3) is 0.500. The highest BCUT2D eigenvalue weighted by atomic mass is 19.1. The molecule has 2 aromatic heterocycles. The molecule has 0 bridgehead atoms. The third-order valence-corrected chi connectivity index (χ3v) is 9.69. The van der Waals surface area contributed by atoms with Crippen LogP contribution in [0.5, 0.6) is 11.8 Å². The number of fused-ring (bicyclic) bond motifs is 3. The molecule has 6 rings (SSSR count). The van der Waals surface area contributed by atoms with Gasteiger partial charge < -0.3 is 23.8 Å². The lowest BCUT2D eigenvalue weighted by atomic mass is 9.94. The quantitative estimate of drug-likeness (QED) is 0.110. The molecule has 2 atom stereocenters. The summed E-state index contributed by atoms with van der Waals surface area (Å²) in [7, 11) is 2.84. The van der Waals surface area contributed by atoms with Crippen molar-refractivity contribution in [3.8, 4) is 23.0 Å². The Labute approximate surface area is 283 Å². The van der Waals surface area contributed by atoms with Gasteiger partial charge in [-0.05, 0) is 73.7 Å². The van der Waals surface area contributed by atoms with Crippen molar-refractivity contribution in [2.24, 2.45) is 0 Å². The van der Waals surface area contributed by atoms with Crippen LogP contribution in [0.25, 0.3) is 32.9 Å². The van der Waals surface area contributed by atoms with Crippen molar-refractivity contribution in [3.63, 3.8) is 0 Å². The van der Waals surface area contributed by atoms with Crippen LogP contribution in [0.3, 0.4) is 0 Å². The van der Waals surface area contributed by atoms with Crippen LogP contribution in [0.1, 0.15) is 51.5 Å². The largest absolute Gasteiger partial charge is 0.469 e. The zero-order chi connectivity index (χ0) is 34.7. The van der Waals surface area contributed by atoms with Gasteiger partial charge in [-0.1, -0.05) is 13.0 Å². The summed E-state index contributed by atoms with van der Waals surface area (Å²) in [5, 5.41) is 1.52. The normalized spacial score (nSPS) is 19.0. The minimum atomic E-state index is -0.940. The maximum Gasteiger partial charge on any atom is 0.319 e. The van der Waals surface area contributed by atoms with E-state index in [0.717, 1.165) is 19.4 Å². The monoisotopic (exact) mass is 681 g/mol. The number of hydrogen-bond acceptors (Lipinski definition) is 10. The van der Waals surface area contributed by atoms with E-state index >= 15 is 8.78 Å². The Balaban J connectivity index is 1.49. The first-order valence-corrected chi connectivity index (χ1v) is 16.8. The van der Waals surface area contributed by atoms with Crippen LogP contribution in [0.2, 0.25) is 0 Å². The maximum atomic E-state index is 17.0. The standard InChI is InChI=1S/C36H42F3N5O5/c1-5-25-28(38)11-10-22-15-24(49-21-46-3)16-26(30(22)25)32-31(39)33-27(18-40-32)34(43(6-2)13-7-9-29(45)47-4)42-35(41-33)48-20-36-12-8-14-44(36)19-23(37)17-36/h10-11,15-16,18,23H,5-9,12-14,17,19-21H2,1-4H3/t23-,36+/m1/s1. The van der Waals surface area contributed by atoms with Gasteiger partial charge in [-0.25, -0.2) is 13.2 Å². The molecule has 13 heteroatoms. The van der Waals surface area contributed by atoms with Gasteiger partial charge >= 0.3 is 12.0 Å². The maximum absolute atomic E-state index is 17.0. The molecule has 2 saturated heterocycles. The van der Waals surface area contributed by atoms with Crippen LogP contribution in [0.15, 0.2) is 30.5 Å². The zero-order valence-electron chi connectivity index (χ0n) is 28.4. The topological polar surface area (TPSA) is 99.1 Å². The van der Waals surface area contributed by atoms with Crippen molar-refractivity contribution in [2.45, 2.75) is 64.1 Å². The van der Waals surface area contributed by atoms with Crippen LogP contribution < -0.4 is 14.4 Å². The van der Waals surface area contributed by atoms with E-state index in [1.165, 1.54) is 26.5 Å². The molecule has 49 heavy (non-hydrogen) atoms. The number of aromatic nitrogens is 3. The summed E-state index contributed by atoms with van der Waals surface area (Å²) in [6, 6.07) is 6.35. The summed E-state index contributed by atoms with van der Waals surface area (Å²) in [5.41, 5.74) is 0.227. The van der Waals surface area contributed by atoms with E-state index in [1.54, 1.807) is 18.2 Å². The summed E-state index contributed by atoms with van der Waals surface area (Å²) in [6.45, 7) is 5.95. The number of benzene rings is 2. The Bertz CT molecular complexity index is 1840. The Morgan fingerprint density at radius 1 is 1.14 bits per heavy atom. The Hall–Kier alpha value is -4.23. The van der Waals surface area contributed by atoms with Gasteiger partial charge in [0.25, 0.3) is 0 Å². The number of nitrogens with zero attached hydrogens (tertiary/aromatic N) is 5. The first kappa shape index (κ1) is 34.6. The van der Waals surface area contributed by atoms with E-state index in [2.05, 4.69) is 14.9 Å². The number of carbonyl (C=O) groups excluding carboxylic acids is 1. The van der Waals surface area contributed by atoms with Gasteiger partial charge in [0.15, 0.2) is 12.6 Å². The lowest BCUT2D eigenvalue weighted by molar-refractivity contribution is -0.140. The molecular weight excluding hydrogens is 639 g/mol. The van der Waals surface area contributed by atoms with Crippen molar-refractivity contribution < 1.29 is 36.9 Å². The minimum Gasteiger partial charge on any atom is -0.469 e. The summed E-state index contributed by atoms with van der Waals surface area (Å²) in [4.78, 5) is 29.8. The van der Waals surface area contributed by atoms with E-state index in [9.17, 15) is 9.18 Å². The van der Waals surface area contributed by atoms with E-state index < -0.39 is 23.3 Å². The van der Waals surface area contributed by atoms with Gasteiger partial charge in [-0.3, -0.25) is 14.7 Å². The number of esters is 1. The highest BCUT2D eigenvalue weighted by molar-refractivity contribution is 6.01. The van der Waals surface area contributed by atoms with Crippen LogP contribution in [0.4, 0.5) is 19.0 Å². The number of halogens is 3. The van der Waals surface area contributed by atoms with Gasteiger partial charge in [-0.2, -0.15) is 9.97 Å². The van der Waals surface area contributed by atoms with E-state index in [1.807, 2.05) is 18.7 Å². The molecule has 0 saturated carbocycles. The van der Waals surface area contributed by atoms with Crippen molar-refractivity contribution in [3.05, 3.63) is 47.7 Å². The van der Waals surface area contributed by atoms with Gasteiger partial charge in [0.1, 0.15) is 41.4 Å². The molecule has 0 radical (unpaired) electrons. The molecule has 0 unspecified atom stereocenters. The summed E-state index contributed by atoms with van der Waals surface area (Å²) in [5.74, 6) is -0.684. The number of aryl methyl sites for hydroxylation is 1. The van der Waals surface area contributed by atoms with Crippen molar-refractivity contribution in [1.82, 2.24) is 19.9 Å². The first-order chi connectivity index (χ1) is 23.7. The van der Waals surface area contributed by atoms with E-state index in [-0.39, 0.29) is 43.0 Å². The molecule has 10 nitrogen and oxygen atoms in total. The third-order valence-electron chi connectivity index (χ3n) is 9.69. The van der Waals surface area contributed by atoms with E-state index in [0.29, 0.717) is 77.7 Å². The average molecular weight is 682 g/mol. The molecule has 2 aromatic carbocycles. The molecule has 0 amide bonds. The smallest absolute Gasteiger partial charge is 0.319 e. The Kier molecular flexibility index (Phi) is 10.4. The van der Waals surface area contributed by atoms with Crippen molar-refractivity contribution in [2.75, 3.05) is 58.7 Å². The minimum absolute atomic E-state index is 0.0298. The SMILES string of the molecule is CCc1c(F)ccc2cc(OCOC)cc(-c3ncc4c(N(CC)CCCC(=O)OC)nc(OC[C@@]56CCCN5C[C@H](F)C6)nc4c3F)c12. The molecule has 2 aliphatic rings.